The molecule has 0 saturated carbocycles. The Labute approximate surface area is 126 Å². The van der Waals surface area contributed by atoms with Crippen molar-refractivity contribution in [3.63, 3.8) is 0 Å². The Morgan fingerprint density at radius 2 is 1.81 bits per heavy atom. The van der Waals surface area contributed by atoms with Crippen LogP contribution in [-0.2, 0) is 0 Å². The van der Waals surface area contributed by atoms with E-state index in [0.717, 1.165) is 22.6 Å². The van der Waals surface area contributed by atoms with Crippen molar-refractivity contribution in [1.82, 2.24) is 0 Å². The Morgan fingerprint density at radius 1 is 1.05 bits per heavy atom. The van der Waals surface area contributed by atoms with E-state index in [1.165, 1.54) is 0 Å². The molecule has 1 atom stereocenters. The molecule has 0 aliphatic rings. The lowest BCUT2D eigenvalue weighted by Crippen LogP contribution is -2.09. The summed E-state index contributed by atoms with van der Waals surface area (Å²) in [5.41, 5.74) is 3.26. The van der Waals surface area contributed by atoms with Crippen LogP contribution in [0.5, 0.6) is 11.5 Å². The smallest absolute Gasteiger partial charge is 0.120 e. The monoisotopic (exact) mass is 285 g/mol. The third-order valence-corrected chi connectivity index (χ3v) is 3.31. The van der Waals surface area contributed by atoms with Crippen LogP contribution < -0.4 is 10.1 Å². The van der Waals surface area contributed by atoms with E-state index in [1.807, 2.05) is 44.2 Å². The van der Waals surface area contributed by atoms with Gasteiger partial charge in [0, 0.05) is 11.7 Å². The molecule has 112 valence electrons. The van der Waals surface area contributed by atoms with Crippen molar-refractivity contribution in [3.8, 4) is 11.5 Å². The van der Waals surface area contributed by atoms with Gasteiger partial charge in [-0.3, -0.25) is 0 Å². The van der Waals surface area contributed by atoms with Crippen LogP contribution in [0.4, 0.5) is 5.69 Å². The highest BCUT2D eigenvalue weighted by atomic mass is 16.5. The van der Waals surface area contributed by atoms with Crippen LogP contribution in [-0.4, -0.2) is 11.2 Å². The molecule has 0 saturated heterocycles. The van der Waals surface area contributed by atoms with Gasteiger partial charge < -0.3 is 15.2 Å². The number of aromatic hydroxyl groups is 1. The first-order valence-corrected chi connectivity index (χ1v) is 7.28. The first-order chi connectivity index (χ1) is 9.95. The maximum absolute atomic E-state index is 9.56. The van der Waals surface area contributed by atoms with E-state index in [9.17, 15) is 5.11 Å². The number of benzene rings is 2. The third kappa shape index (κ3) is 4.15. The fourth-order valence-electron chi connectivity index (χ4n) is 2.25. The SMILES string of the molecule is Cc1cc(OC(C)C)ccc1NC(C)c1cccc(O)c1. The summed E-state index contributed by atoms with van der Waals surface area (Å²) in [7, 11) is 0. The Kier molecular flexibility index (Phi) is 4.73. The molecule has 0 amide bonds. The number of rotatable bonds is 5. The van der Waals surface area contributed by atoms with Crippen molar-refractivity contribution in [2.75, 3.05) is 5.32 Å². The maximum atomic E-state index is 9.56. The van der Waals surface area contributed by atoms with Crippen LogP contribution in [0.25, 0.3) is 0 Å². The molecule has 1 unspecified atom stereocenters. The van der Waals surface area contributed by atoms with Gasteiger partial charge in [-0.25, -0.2) is 0 Å². The second-order valence-corrected chi connectivity index (χ2v) is 5.60. The van der Waals surface area contributed by atoms with E-state index < -0.39 is 0 Å². The predicted molar refractivity (Wildman–Crippen MR) is 87.1 cm³/mol. The lowest BCUT2D eigenvalue weighted by Gasteiger charge is -2.19. The molecule has 0 aliphatic heterocycles. The molecule has 0 aliphatic carbocycles. The summed E-state index contributed by atoms with van der Waals surface area (Å²) in [5.74, 6) is 1.18. The summed E-state index contributed by atoms with van der Waals surface area (Å²) in [6.45, 7) is 8.17. The van der Waals surface area contributed by atoms with Crippen molar-refractivity contribution in [2.45, 2.75) is 39.8 Å². The molecule has 21 heavy (non-hydrogen) atoms. The van der Waals surface area contributed by atoms with Gasteiger partial charge in [-0.1, -0.05) is 12.1 Å². The maximum Gasteiger partial charge on any atom is 0.120 e. The van der Waals surface area contributed by atoms with E-state index in [4.69, 9.17) is 4.74 Å². The van der Waals surface area contributed by atoms with E-state index >= 15 is 0 Å². The molecular weight excluding hydrogens is 262 g/mol. The van der Waals surface area contributed by atoms with Crippen molar-refractivity contribution in [2.24, 2.45) is 0 Å². The summed E-state index contributed by atoms with van der Waals surface area (Å²) in [4.78, 5) is 0. The number of phenols is 1. The van der Waals surface area contributed by atoms with Crippen LogP contribution in [0.1, 0.15) is 37.9 Å². The van der Waals surface area contributed by atoms with Crippen LogP contribution in [0, 0.1) is 6.92 Å². The highest BCUT2D eigenvalue weighted by Crippen LogP contribution is 2.27. The zero-order chi connectivity index (χ0) is 15.4. The van der Waals surface area contributed by atoms with Crippen LogP contribution in [0.3, 0.4) is 0 Å². The molecule has 2 rings (SSSR count). The van der Waals surface area contributed by atoms with Gasteiger partial charge in [0.15, 0.2) is 0 Å². The number of ether oxygens (including phenoxy) is 1. The van der Waals surface area contributed by atoms with Crippen LogP contribution >= 0.6 is 0 Å². The van der Waals surface area contributed by atoms with Crippen molar-refractivity contribution in [1.29, 1.82) is 0 Å². The molecule has 0 heterocycles. The topological polar surface area (TPSA) is 41.5 Å². The van der Waals surface area contributed by atoms with Gasteiger partial charge >= 0.3 is 0 Å². The predicted octanol–water partition coefficient (Wildman–Crippen LogP) is 4.66. The zero-order valence-electron chi connectivity index (χ0n) is 13.1. The van der Waals surface area contributed by atoms with E-state index in [-0.39, 0.29) is 12.1 Å². The summed E-state index contributed by atoms with van der Waals surface area (Å²) < 4.78 is 5.69. The third-order valence-electron chi connectivity index (χ3n) is 3.31. The van der Waals surface area contributed by atoms with Crippen molar-refractivity contribution >= 4 is 5.69 Å². The molecule has 0 aromatic heterocycles. The minimum Gasteiger partial charge on any atom is -0.508 e. The van der Waals surface area contributed by atoms with Gasteiger partial charge in [-0.05, 0) is 69.2 Å². The van der Waals surface area contributed by atoms with Crippen LogP contribution in [0.2, 0.25) is 0 Å². The molecule has 0 radical (unpaired) electrons. The molecule has 0 fully saturated rings. The zero-order valence-corrected chi connectivity index (χ0v) is 13.1. The molecule has 3 heteroatoms. The molecular formula is C18H23NO2. The number of nitrogens with one attached hydrogen (secondary N) is 1. The molecule has 0 bridgehead atoms. The Balaban J connectivity index is 2.12. The van der Waals surface area contributed by atoms with Crippen molar-refractivity contribution in [3.05, 3.63) is 53.6 Å². The fraction of sp³-hybridized carbons (Fsp3) is 0.333. The highest BCUT2D eigenvalue weighted by molar-refractivity contribution is 5.55. The fourth-order valence-corrected chi connectivity index (χ4v) is 2.25. The first-order valence-electron chi connectivity index (χ1n) is 7.28. The molecule has 3 nitrogen and oxygen atoms in total. The Hall–Kier alpha value is -2.16. The number of anilines is 1. The Bertz CT molecular complexity index is 608. The lowest BCUT2D eigenvalue weighted by molar-refractivity contribution is 0.242. The summed E-state index contributed by atoms with van der Waals surface area (Å²) in [6, 6.07) is 13.5. The van der Waals surface area contributed by atoms with E-state index in [1.54, 1.807) is 12.1 Å². The number of hydrogen-bond donors (Lipinski definition) is 2. The van der Waals surface area contributed by atoms with Gasteiger partial charge in [0.05, 0.1) is 6.10 Å². The first kappa shape index (κ1) is 15.2. The van der Waals surface area contributed by atoms with Gasteiger partial charge in [0.2, 0.25) is 0 Å². The molecule has 2 aromatic carbocycles. The highest BCUT2D eigenvalue weighted by Gasteiger charge is 2.08. The van der Waals surface area contributed by atoms with E-state index in [2.05, 4.69) is 19.2 Å². The van der Waals surface area contributed by atoms with Gasteiger partial charge in [0.1, 0.15) is 11.5 Å². The van der Waals surface area contributed by atoms with Crippen LogP contribution in [0.15, 0.2) is 42.5 Å². The standard InChI is InChI=1S/C18H23NO2/c1-12(2)21-17-8-9-18(13(3)10-17)19-14(4)15-6-5-7-16(20)11-15/h5-12,14,19-20H,1-4H3. The average molecular weight is 285 g/mol. The number of hydrogen-bond acceptors (Lipinski definition) is 3. The number of phenolic OH excluding ortho intramolecular Hbond substituents is 1. The second-order valence-electron chi connectivity index (χ2n) is 5.60. The van der Waals surface area contributed by atoms with Crippen molar-refractivity contribution < 1.29 is 9.84 Å². The van der Waals surface area contributed by atoms with Gasteiger partial charge in [0.25, 0.3) is 0 Å². The van der Waals surface area contributed by atoms with E-state index in [0.29, 0.717) is 5.75 Å². The minimum atomic E-state index is 0.118. The largest absolute Gasteiger partial charge is 0.508 e. The normalized spacial score (nSPS) is 12.2. The molecule has 0 spiro atoms. The molecule has 2 N–H and O–H groups in total. The Morgan fingerprint density at radius 3 is 2.43 bits per heavy atom. The van der Waals surface area contributed by atoms with Gasteiger partial charge in [-0.15, -0.1) is 0 Å². The molecule has 2 aromatic rings. The summed E-state index contributed by atoms with van der Waals surface area (Å²) in [5, 5.41) is 13.0. The lowest BCUT2D eigenvalue weighted by atomic mass is 10.1. The second kappa shape index (κ2) is 6.53. The minimum absolute atomic E-state index is 0.118. The van der Waals surface area contributed by atoms with Gasteiger partial charge in [-0.2, -0.15) is 0 Å². The summed E-state index contributed by atoms with van der Waals surface area (Å²) in [6.07, 6.45) is 0.175. The average Bonchev–Trinajstić information content (AvgIpc) is 2.41. The summed E-state index contributed by atoms with van der Waals surface area (Å²) >= 11 is 0. The number of aryl methyl sites for hydroxylation is 1. The quantitative estimate of drug-likeness (QED) is 0.839.